The van der Waals surface area contributed by atoms with Gasteiger partial charge < -0.3 is 20.7 Å². The smallest absolute Gasteiger partial charge is 0.274 e. The molecule has 1 aliphatic rings. The van der Waals surface area contributed by atoms with Crippen molar-refractivity contribution in [2.45, 2.75) is 26.3 Å². The number of aromatic amines is 1. The standard InChI is InChI=1S/C13H21N5O3/c1-3-9-10(14)11(17-16-9)12(19)15-8(2)13(20)18-4-6-21-7-5-18/h8H,3-7,14H2,1-2H3,(H,15,19)(H,16,17). The molecule has 2 rings (SSSR count). The molecule has 0 saturated carbocycles. The number of aryl methyl sites for hydroxylation is 1. The van der Waals surface area contributed by atoms with Crippen LogP contribution in [0.25, 0.3) is 0 Å². The number of H-pyrrole nitrogens is 1. The third-order valence-electron chi connectivity index (χ3n) is 3.49. The average molecular weight is 295 g/mol. The van der Waals surface area contributed by atoms with Crippen LogP contribution >= 0.6 is 0 Å². The SMILES string of the molecule is CCc1[nH]nc(C(=O)NC(C)C(=O)N2CCOCC2)c1N. The zero-order valence-electron chi connectivity index (χ0n) is 12.3. The highest BCUT2D eigenvalue weighted by Crippen LogP contribution is 2.14. The lowest BCUT2D eigenvalue weighted by atomic mass is 10.2. The Hall–Kier alpha value is -2.09. The van der Waals surface area contributed by atoms with Crippen molar-refractivity contribution in [1.82, 2.24) is 20.4 Å². The highest BCUT2D eigenvalue weighted by molar-refractivity contribution is 6.00. The highest BCUT2D eigenvalue weighted by atomic mass is 16.5. The minimum atomic E-state index is -0.628. The molecule has 0 aromatic carbocycles. The molecule has 0 radical (unpaired) electrons. The first-order valence-electron chi connectivity index (χ1n) is 7.04. The number of nitrogen functional groups attached to an aromatic ring is 1. The summed E-state index contributed by atoms with van der Waals surface area (Å²) < 4.78 is 5.20. The number of nitrogens with one attached hydrogen (secondary N) is 2. The van der Waals surface area contributed by atoms with Gasteiger partial charge in [0.15, 0.2) is 5.69 Å². The molecule has 1 unspecified atom stereocenters. The van der Waals surface area contributed by atoms with Gasteiger partial charge in [0.1, 0.15) is 6.04 Å². The van der Waals surface area contributed by atoms with Crippen molar-refractivity contribution in [2.24, 2.45) is 0 Å². The lowest BCUT2D eigenvalue weighted by Crippen LogP contribution is -2.50. The molecule has 4 N–H and O–H groups in total. The molecule has 8 heteroatoms. The molecule has 8 nitrogen and oxygen atoms in total. The lowest BCUT2D eigenvalue weighted by Gasteiger charge is -2.29. The number of aromatic nitrogens is 2. The van der Waals surface area contributed by atoms with E-state index in [0.717, 1.165) is 0 Å². The van der Waals surface area contributed by atoms with Crippen LogP contribution in [-0.4, -0.2) is 59.3 Å². The summed E-state index contributed by atoms with van der Waals surface area (Å²) in [5.74, 6) is -0.575. The van der Waals surface area contributed by atoms with Gasteiger partial charge in [-0.1, -0.05) is 6.92 Å². The normalized spacial score (nSPS) is 16.6. The molecule has 0 spiro atoms. The minimum Gasteiger partial charge on any atom is -0.395 e. The van der Waals surface area contributed by atoms with Gasteiger partial charge in [-0.3, -0.25) is 14.7 Å². The van der Waals surface area contributed by atoms with Crippen LogP contribution in [-0.2, 0) is 16.0 Å². The monoisotopic (exact) mass is 295 g/mol. The number of rotatable bonds is 4. The van der Waals surface area contributed by atoms with Crippen LogP contribution < -0.4 is 11.1 Å². The van der Waals surface area contributed by atoms with E-state index in [1.165, 1.54) is 0 Å². The first-order valence-corrected chi connectivity index (χ1v) is 7.04. The van der Waals surface area contributed by atoms with Crippen LogP contribution in [0.4, 0.5) is 5.69 Å². The number of carbonyl (C=O) groups excluding carboxylic acids is 2. The van der Waals surface area contributed by atoms with Crippen LogP contribution in [0, 0.1) is 0 Å². The Morgan fingerprint density at radius 3 is 2.71 bits per heavy atom. The van der Waals surface area contributed by atoms with Crippen molar-refractivity contribution in [3.8, 4) is 0 Å². The van der Waals surface area contributed by atoms with Crippen molar-refractivity contribution in [1.29, 1.82) is 0 Å². The molecule has 116 valence electrons. The second-order valence-corrected chi connectivity index (χ2v) is 4.95. The first kappa shape index (κ1) is 15.3. The van der Waals surface area contributed by atoms with Crippen molar-refractivity contribution in [3.63, 3.8) is 0 Å². The van der Waals surface area contributed by atoms with Crippen LogP contribution in [0.15, 0.2) is 0 Å². The number of hydrogen-bond donors (Lipinski definition) is 3. The molecule has 0 bridgehead atoms. The second-order valence-electron chi connectivity index (χ2n) is 4.95. The predicted octanol–water partition coefficient (Wildman–Crippen LogP) is -0.469. The van der Waals surface area contributed by atoms with E-state index in [4.69, 9.17) is 10.5 Å². The summed E-state index contributed by atoms with van der Waals surface area (Å²) >= 11 is 0. The molecule has 1 aliphatic heterocycles. The van der Waals surface area contributed by atoms with Gasteiger partial charge in [0.05, 0.1) is 24.6 Å². The number of hydrogen-bond acceptors (Lipinski definition) is 5. The minimum absolute atomic E-state index is 0.128. The van der Waals surface area contributed by atoms with Crippen molar-refractivity contribution < 1.29 is 14.3 Å². The number of carbonyl (C=O) groups is 2. The van der Waals surface area contributed by atoms with Crippen molar-refractivity contribution >= 4 is 17.5 Å². The molecular formula is C13H21N5O3. The summed E-state index contributed by atoms with van der Waals surface area (Å²) in [5.41, 5.74) is 7.03. The summed E-state index contributed by atoms with van der Waals surface area (Å²) in [6.45, 7) is 5.71. The zero-order valence-corrected chi connectivity index (χ0v) is 12.3. The Morgan fingerprint density at radius 1 is 1.48 bits per heavy atom. The van der Waals surface area contributed by atoms with E-state index in [2.05, 4.69) is 15.5 Å². The van der Waals surface area contributed by atoms with Gasteiger partial charge in [-0.15, -0.1) is 0 Å². The van der Waals surface area contributed by atoms with E-state index in [9.17, 15) is 9.59 Å². The second kappa shape index (κ2) is 6.57. The van der Waals surface area contributed by atoms with Crippen LogP contribution in [0.1, 0.15) is 30.0 Å². The maximum absolute atomic E-state index is 12.2. The third kappa shape index (κ3) is 3.33. The van der Waals surface area contributed by atoms with Crippen LogP contribution in [0.3, 0.4) is 0 Å². The molecule has 1 saturated heterocycles. The summed E-state index contributed by atoms with van der Waals surface area (Å²) in [5, 5.41) is 9.27. The van der Waals surface area contributed by atoms with Crippen molar-refractivity contribution in [2.75, 3.05) is 32.0 Å². The predicted molar refractivity (Wildman–Crippen MR) is 76.7 cm³/mol. The fourth-order valence-corrected chi connectivity index (χ4v) is 2.21. The molecular weight excluding hydrogens is 274 g/mol. The molecule has 0 aliphatic carbocycles. The number of amides is 2. The molecule has 1 atom stereocenters. The summed E-state index contributed by atoms with van der Waals surface area (Å²) in [7, 11) is 0. The van der Waals surface area contributed by atoms with E-state index in [0.29, 0.717) is 44.1 Å². The van der Waals surface area contributed by atoms with E-state index < -0.39 is 11.9 Å². The first-order chi connectivity index (χ1) is 10.0. The largest absolute Gasteiger partial charge is 0.395 e. The topological polar surface area (TPSA) is 113 Å². The Bertz CT molecular complexity index is 522. The number of nitrogens with zero attached hydrogens (tertiary/aromatic N) is 2. The number of anilines is 1. The fraction of sp³-hybridized carbons (Fsp3) is 0.615. The molecule has 1 aromatic rings. The highest BCUT2D eigenvalue weighted by Gasteiger charge is 2.25. The van der Waals surface area contributed by atoms with E-state index in [-0.39, 0.29) is 11.6 Å². The Kier molecular flexibility index (Phi) is 4.79. The van der Waals surface area contributed by atoms with Crippen LogP contribution in [0.5, 0.6) is 0 Å². The lowest BCUT2D eigenvalue weighted by molar-refractivity contribution is -0.136. The van der Waals surface area contributed by atoms with Gasteiger partial charge in [0.25, 0.3) is 5.91 Å². The molecule has 21 heavy (non-hydrogen) atoms. The van der Waals surface area contributed by atoms with Crippen molar-refractivity contribution in [3.05, 3.63) is 11.4 Å². The van der Waals surface area contributed by atoms with Gasteiger partial charge in [0, 0.05) is 13.1 Å². The molecule has 1 aromatic heterocycles. The number of ether oxygens (including phenoxy) is 1. The number of morpholine rings is 1. The zero-order chi connectivity index (χ0) is 15.4. The fourth-order valence-electron chi connectivity index (χ4n) is 2.21. The van der Waals surface area contributed by atoms with Gasteiger partial charge in [-0.25, -0.2) is 0 Å². The molecule has 2 amide bonds. The molecule has 2 heterocycles. The van der Waals surface area contributed by atoms with Crippen LogP contribution in [0.2, 0.25) is 0 Å². The maximum atomic E-state index is 12.2. The average Bonchev–Trinajstić information content (AvgIpc) is 2.88. The van der Waals surface area contributed by atoms with Gasteiger partial charge in [-0.05, 0) is 13.3 Å². The Labute approximate surface area is 123 Å². The Morgan fingerprint density at radius 2 is 2.14 bits per heavy atom. The Balaban J connectivity index is 1.97. The van der Waals surface area contributed by atoms with Gasteiger partial charge in [-0.2, -0.15) is 5.10 Å². The van der Waals surface area contributed by atoms with E-state index in [1.807, 2.05) is 6.92 Å². The number of nitrogens with two attached hydrogens (primary N) is 1. The molecule has 1 fully saturated rings. The maximum Gasteiger partial charge on any atom is 0.274 e. The summed E-state index contributed by atoms with van der Waals surface area (Å²) in [6.07, 6.45) is 0.661. The van der Waals surface area contributed by atoms with E-state index in [1.54, 1.807) is 11.8 Å². The summed E-state index contributed by atoms with van der Waals surface area (Å²) in [6, 6.07) is -0.628. The van der Waals surface area contributed by atoms with Gasteiger partial charge >= 0.3 is 0 Å². The van der Waals surface area contributed by atoms with E-state index >= 15 is 0 Å². The third-order valence-corrected chi connectivity index (χ3v) is 3.49. The van der Waals surface area contributed by atoms with Gasteiger partial charge in [0.2, 0.25) is 5.91 Å². The quantitative estimate of drug-likeness (QED) is 0.695. The summed E-state index contributed by atoms with van der Waals surface area (Å²) in [4.78, 5) is 26.0.